The molecule has 0 unspecified atom stereocenters. The van der Waals surface area contributed by atoms with Crippen LogP contribution in [-0.2, 0) is 16.6 Å². The summed E-state index contributed by atoms with van der Waals surface area (Å²) in [5.41, 5.74) is 2.04. The van der Waals surface area contributed by atoms with Crippen LogP contribution in [0.1, 0.15) is 26.6 Å². The highest BCUT2D eigenvalue weighted by Gasteiger charge is 2.18. The summed E-state index contributed by atoms with van der Waals surface area (Å²) in [4.78, 5) is 14.2. The molecule has 0 saturated heterocycles. The van der Waals surface area contributed by atoms with E-state index in [1.165, 1.54) is 4.31 Å². The van der Waals surface area contributed by atoms with Crippen molar-refractivity contribution in [3.05, 3.63) is 42.4 Å². The summed E-state index contributed by atoms with van der Waals surface area (Å²) >= 11 is 0. The zero-order chi connectivity index (χ0) is 21.3. The van der Waals surface area contributed by atoms with Gasteiger partial charge in [-0.05, 0) is 12.5 Å². The summed E-state index contributed by atoms with van der Waals surface area (Å²) < 4.78 is 26.1. The van der Waals surface area contributed by atoms with Crippen LogP contribution in [0.2, 0.25) is 0 Å². The number of aromatic nitrogens is 2. The molecule has 0 amide bonds. The SMILES string of the molecule is CCNC(=NCCS(=O)(=O)N(CC)CC)N(C)Cc1ncc(-c2ccccc2)[nH]1.I. The highest BCUT2D eigenvalue weighted by Crippen LogP contribution is 2.16. The molecule has 0 radical (unpaired) electrons. The summed E-state index contributed by atoms with van der Waals surface area (Å²) in [5.74, 6) is 1.46. The monoisotopic (exact) mass is 548 g/mol. The molecule has 0 fully saturated rings. The fourth-order valence-corrected chi connectivity index (χ4v) is 4.36. The standard InChI is InChI=1S/C20H32N6O2S.HI/c1-5-21-20(22-13-14-29(27,28)26(6-2)7-3)25(4)16-19-23-15-18(24-19)17-11-9-8-10-12-17;/h8-12,15H,5-7,13-14,16H2,1-4H3,(H,21,22)(H,23,24);1H. The molecule has 10 heteroatoms. The smallest absolute Gasteiger partial charge is 0.215 e. The van der Waals surface area contributed by atoms with E-state index in [0.717, 1.165) is 17.1 Å². The van der Waals surface area contributed by atoms with Gasteiger partial charge in [0.1, 0.15) is 5.82 Å². The number of benzene rings is 1. The van der Waals surface area contributed by atoms with Crippen LogP contribution in [-0.4, -0.2) is 72.5 Å². The second-order valence-corrected chi connectivity index (χ2v) is 8.69. The van der Waals surface area contributed by atoms with E-state index in [4.69, 9.17) is 0 Å². The lowest BCUT2D eigenvalue weighted by atomic mass is 10.2. The van der Waals surface area contributed by atoms with Crippen LogP contribution in [0.4, 0.5) is 0 Å². The van der Waals surface area contributed by atoms with Gasteiger partial charge in [-0.1, -0.05) is 44.2 Å². The highest BCUT2D eigenvalue weighted by molar-refractivity contribution is 14.0. The highest BCUT2D eigenvalue weighted by atomic mass is 127. The third-order valence-electron chi connectivity index (χ3n) is 4.51. The number of aliphatic imine (C=N–C) groups is 1. The molecule has 2 aromatic rings. The Kier molecular flexibility index (Phi) is 11.3. The number of hydrogen-bond acceptors (Lipinski definition) is 4. The molecular formula is C20H33IN6O2S. The van der Waals surface area contributed by atoms with Gasteiger partial charge in [-0.2, -0.15) is 0 Å². The number of H-pyrrole nitrogens is 1. The number of sulfonamides is 1. The molecule has 168 valence electrons. The lowest BCUT2D eigenvalue weighted by molar-refractivity contribution is 0.444. The van der Waals surface area contributed by atoms with Crippen LogP contribution < -0.4 is 5.32 Å². The first-order chi connectivity index (χ1) is 13.9. The van der Waals surface area contributed by atoms with Crippen LogP contribution in [0, 0.1) is 0 Å². The number of halogens is 1. The maximum atomic E-state index is 12.3. The van der Waals surface area contributed by atoms with Gasteiger partial charge < -0.3 is 15.2 Å². The van der Waals surface area contributed by atoms with E-state index < -0.39 is 10.0 Å². The Labute approximate surface area is 197 Å². The molecule has 0 aliphatic carbocycles. The van der Waals surface area contributed by atoms with E-state index in [1.54, 1.807) is 0 Å². The number of nitrogens with one attached hydrogen (secondary N) is 2. The third-order valence-corrected chi connectivity index (χ3v) is 6.51. The molecular weight excluding hydrogens is 515 g/mol. The fraction of sp³-hybridized carbons (Fsp3) is 0.500. The summed E-state index contributed by atoms with van der Waals surface area (Å²) in [5, 5.41) is 3.21. The Bertz CT molecular complexity index is 882. The molecule has 1 aromatic carbocycles. The second-order valence-electron chi connectivity index (χ2n) is 6.60. The topological polar surface area (TPSA) is 93.7 Å². The first-order valence-electron chi connectivity index (χ1n) is 9.97. The fourth-order valence-electron chi connectivity index (χ4n) is 2.99. The molecule has 0 atom stereocenters. The number of rotatable bonds is 10. The van der Waals surface area contributed by atoms with Crippen LogP contribution in [0.3, 0.4) is 0 Å². The Morgan fingerprint density at radius 2 is 1.83 bits per heavy atom. The van der Waals surface area contributed by atoms with Gasteiger partial charge in [0.2, 0.25) is 10.0 Å². The Hall–Kier alpha value is -1.66. The van der Waals surface area contributed by atoms with Crippen molar-refractivity contribution in [1.82, 2.24) is 24.5 Å². The van der Waals surface area contributed by atoms with Crippen LogP contribution in [0.5, 0.6) is 0 Å². The predicted molar refractivity (Wildman–Crippen MR) is 134 cm³/mol. The van der Waals surface area contributed by atoms with Gasteiger partial charge in [-0.3, -0.25) is 4.99 Å². The number of hydrogen-bond donors (Lipinski definition) is 2. The normalized spacial score (nSPS) is 12.0. The summed E-state index contributed by atoms with van der Waals surface area (Å²) in [7, 11) is -1.38. The van der Waals surface area contributed by atoms with Gasteiger partial charge in [0.05, 0.1) is 30.7 Å². The minimum atomic E-state index is -3.28. The minimum Gasteiger partial charge on any atom is -0.357 e. The average molecular weight is 548 g/mol. The van der Waals surface area contributed by atoms with E-state index in [2.05, 4.69) is 20.3 Å². The molecule has 2 rings (SSSR count). The zero-order valence-corrected chi connectivity index (χ0v) is 21.3. The summed E-state index contributed by atoms with van der Waals surface area (Å²) in [6.45, 7) is 8.05. The number of guanidine groups is 1. The van der Waals surface area contributed by atoms with Crippen molar-refractivity contribution in [3.8, 4) is 11.3 Å². The van der Waals surface area contributed by atoms with Gasteiger partial charge in [0.25, 0.3) is 0 Å². The van der Waals surface area contributed by atoms with Crippen molar-refractivity contribution in [2.45, 2.75) is 27.3 Å². The molecule has 0 saturated carbocycles. The lowest BCUT2D eigenvalue weighted by Gasteiger charge is -2.21. The minimum absolute atomic E-state index is 0. The maximum Gasteiger partial charge on any atom is 0.215 e. The Morgan fingerprint density at radius 3 is 2.43 bits per heavy atom. The van der Waals surface area contributed by atoms with Gasteiger partial charge in [0, 0.05) is 26.7 Å². The van der Waals surface area contributed by atoms with Crippen LogP contribution in [0.15, 0.2) is 41.5 Å². The molecule has 1 aromatic heterocycles. The van der Waals surface area contributed by atoms with E-state index >= 15 is 0 Å². The van der Waals surface area contributed by atoms with E-state index in [0.29, 0.717) is 32.1 Å². The second kappa shape index (κ2) is 12.9. The van der Waals surface area contributed by atoms with E-state index in [-0.39, 0.29) is 36.3 Å². The van der Waals surface area contributed by atoms with Gasteiger partial charge >= 0.3 is 0 Å². The molecule has 1 heterocycles. The molecule has 2 N–H and O–H groups in total. The number of imidazole rings is 1. The van der Waals surface area contributed by atoms with Crippen molar-refractivity contribution < 1.29 is 8.42 Å². The molecule has 0 aliphatic rings. The van der Waals surface area contributed by atoms with E-state index in [1.807, 2.05) is 69.2 Å². The molecule has 30 heavy (non-hydrogen) atoms. The number of nitrogens with zero attached hydrogens (tertiary/aromatic N) is 4. The van der Waals surface area contributed by atoms with Gasteiger partial charge in [-0.25, -0.2) is 17.7 Å². The lowest BCUT2D eigenvalue weighted by Crippen LogP contribution is -2.39. The van der Waals surface area contributed by atoms with Gasteiger partial charge in [-0.15, -0.1) is 24.0 Å². The predicted octanol–water partition coefficient (Wildman–Crippen LogP) is 2.76. The quantitative estimate of drug-likeness (QED) is 0.271. The molecule has 0 bridgehead atoms. The maximum absolute atomic E-state index is 12.3. The third kappa shape index (κ3) is 7.55. The summed E-state index contributed by atoms with van der Waals surface area (Å²) in [6, 6.07) is 10.0. The molecule has 0 spiro atoms. The Balaban J connectivity index is 0.00000450. The summed E-state index contributed by atoms with van der Waals surface area (Å²) in [6.07, 6.45) is 1.82. The van der Waals surface area contributed by atoms with Crippen molar-refractivity contribution in [3.63, 3.8) is 0 Å². The van der Waals surface area contributed by atoms with Crippen LogP contribution >= 0.6 is 24.0 Å². The zero-order valence-electron chi connectivity index (χ0n) is 18.1. The Morgan fingerprint density at radius 1 is 1.17 bits per heavy atom. The average Bonchev–Trinajstić information content (AvgIpc) is 3.17. The largest absolute Gasteiger partial charge is 0.357 e. The van der Waals surface area contributed by atoms with Crippen molar-refractivity contribution in [1.29, 1.82) is 0 Å². The molecule has 8 nitrogen and oxygen atoms in total. The van der Waals surface area contributed by atoms with Gasteiger partial charge in [0.15, 0.2) is 5.96 Å². The first-order valence-corrected chi connectivity index (χ1v) is 11.6. The number of aromatic amines is 1. The first kappa shape index (κ1) is 26.4. The van der Waals surface area contributed by atoms with Crippen molar-refractivity contribution in [2.75, 3.05) is 39.0 Å². The van der Waals surface area contributed by atoms with E-state index in [9.17, 15) is 8.42 Å². The molecule has 0 aliphatic heterocycles. The van der Waals surface area contributed by atoms with Crippen molar-refractivity contribution >= 4 is 40.0 Å². The van der Waals surface area contributed by atoms with Crippen LogP contribution in [0.25, 0.3) is 11.3 Å². The van der Waals surface area contributed by atoms with Crippen molar-refractivity contribution in [2.24, 2.45) is 4.99 Å².